The Morgan fingerprint density at radius 1 is 1.21 bits per heavy atom. The Morgan fingerprint density at radius 2 is 1.86 bits per heavy atom. The number of halogens is 1. The second-order valence-electron chi connectivity index (χ2n) is 6.28. The lowest BCUT2D eigenvalue weighted by atomic mass is 9.96. The average molecular weight is 391 g/mol. The Balaban J connectivity index is 1.61. The van der Waals surface area contributed by atoms with Crippen molar-refractivity contribution in [2.75, 3.05) is 23.7 Å². The van der Waals surface area contributed by atoms with Gasteiger partial charge in [0.25, 0.3) is 5.91 Å². The fourth-order valence-corrected chi connectivity index (χ4v) is 2.95. The fourth-order valence-electron chi connectivity index (χ4n) is 2.86. The van der Waals surface area contributed by atoms with Crippen LogP contribution in [0.1, 0.15) is 16.8 Å². The van der Waals surface area contributed by atoms with Crippen LogP contribution in [0.25, 0.3) is 0 Å². The Bertz CT molecular complexity index is 900. The summed E-state index contributed by atoms with van der Waals surface area (Å²) in [4.78, 5) is 33.9. The summed E-state index contributed by atoms with van der Waals surface area (Å²) in [5, 5.41) is 5.90. The molecular formula is C18H16B2ClN5O2. The molecular weight excluding hydrogens is 375 g/mol. The lowest BCUT2D eigenvalue weighted by Crippen LogP contribution is -2.33. The van der Waals surface area contributed by atoms with E-state index >= 15 is 0 Å². The predicted octanol–water partition coefficient (Wildman–Crippen LogP) is 0.169. The Kier molecular flexibility index (Phi) is 6.04. The van der Waals surface area contributed by atoms with E-state index in [1.54, 1.807) is 29.2 Å². The van der Waals surface area contributed by atoms with E-state index in [-0.39, 0.29) is 40.0 Å². The number of aromatic nitrogens is 2. The van der Waals surface area contributed by atoms with E-state index in [1.807, 2.05) is 0 Å². The van der Waals surface area contributed by atoms with E-state index in [0.29, 0.717) is 24.3 Å². The van der Waals surface area contributed by atoms with Crippen molar-refractivity contribution in [1.29, 1.82) is 0 Å². The van der Waals surface area contributed by atoms with Crippen LogP contribution in [0.15, 0.2) is 36.9 Å². The number of hydrogen-bond donors (Lipinski definition) is 2. The van der Waals surface area contributed by atoms with Gasteiger partial charge in [-0.1, -0.05) is 18.2 Å². The maximum atomic E-state index is 12.7. The van der Waals surface area contributed by atoms with Crippen molar-refractivity contribution in [2.45, 2.75) is 12.5 Å². The van der Waals surface area contributed by atoms with Crippen LogP contribution in [0.4, 0.5) is 11.6 Å². The van der Waals surface area contributed by atoms with Crippen molar-refractivity contribution in [1.82, 2.24) is 14.9 Å². The molecule has 2 heterocycles. The summed E-state index contributed by atoms with van der Waals surface area (Å²) in [6.45, 7) is 4.47. The van der Waals surface area contributed by atoms with Crippen LogP contribution in [0.5, 0.6) is 0 Å². The molecule has 3 rings (SSSR count). The summed E-state index contributed by atoms with van der Waals surface area (Å²) in [6, 6.07) is 6.66. The van der Waals surface area contributed by atoms with Crippen molar-refractivity contribution in [3.05, 3.63) is 47.5 Å². The molecule has 7 nitrogen and oxygen atoms in total. The predicted molar refractivity (Wildman–Crippen MR) is 111 cm³/mol. The van der Waals surface area contributed by atoms with Crippen LogP contribution in [0.3, 0.4) is 0 Å². The third kappa shape index (κ3) is 4.54. The number of benzene rings is 1. The highest BCUT2D eigenvalue weighted by Crippen LogP contribution is 2.18. The van der Waals surface area contributed by atoms with Crippen LogP contribution >= 0.6 is 11.6 Å². The van der Waals surface area contributed by atoms with Crippen LogP contribution in [-0.2, 0) is 4.79 Å². The molecule has 0 aliphatic carbocycles. The Morgan fingerprint density at radius 3 is 2.46 bits per heavy atom. The second kappa shape index (κ2) is 8.48. The number of hydrogen-bond acceptors (Lipinski definition) is 5. The largest absolute Gasteiger partial charge is 0.350 e. The molecule has 2 aromatic rings. The molecule has 1 aliphatic rings. The molecule has 0 unspecified atom stereocenters. The van der Waals surface area contributed by atoms with Crippen molar-refractivity contribution in [2.24, 2.45) is 0 Å². The number of nitrogens with zero attached hydrogens (tertiary/aromatic N) is 3. The first-order valence-electron chi connectivity index (χ1n) is 8.55. The quantitative estimate of drug-likeness (QED) is 0.561. The topological polar surface area (TPSA) is 87.2 Å². The van der Waals surface area contributed by atoms with Gasteiger partial charge in [-0.05, 0) is 36.8 Å². The maximum absolute atomic E-state index is 12.7. The fraction of sp³-hybridized carbons (Fsp3) is 0.222. The van der Waals surface area contributed by atoms with Crippen molar-refractivity contribution in [3.8, 4) is 0 Å². The first kappa shape index (κ1) is 19.9. The molecule has 1 aromatic carbocycles. The number of likely N-dealkylation sites (tertiary alicyclic amines) is 1. The van der Waals surface area contributed by atoms with Crippen LogP contribution in [0.2, 0.25) is 5.02 Å². The Hall–Kier alpha value is -2.80. The SMILES string of the molecule is [B]c1nc(N[C@@H]2CCN(C(=O)c3ccc(NC(=O)C=C)cc3)C2)nc([B])c1Cl. The molecule has 138 valence electrons. The highest BCUT2D eigenvalue weighted by molar-refractivity contribution is 6.51. The van der Waals surface area contributed by atoms with Crippen LogP contribution in [0, 0.1) is 0 Å². The van der Waals surface area contributed by atoms with E-state index in [9.17, 15) is 9.59 Å². The minimum atomic E-state index is -0.307. The summed E-state index contributed by atoms with van der Waals surface area (Å²) in [5.41, 5.74) is 1.34. The lowest BCUT2D eigenvalue weighted by molar-refractivity contribution is -0.111. The maximum Gasteiger partial charge on any atom is 0.253 e. The highest BCUT2D eigenvalue weighted by Gasteiger charge is 2.27. The molecule has 4 radical (unpaired) electrons. The van der Waals surface area contributed by atoms with Crippen LogP contribution < -0.4 is 21.8 Å². The molecule has 1 aromatic heterocycles. The zero-order chi connectivity index (χ0) is 20.3. The van der Waals surface area contributed by atoms with Crippen LogP contribution in [-0.4, -0.2) is 61.5 Å². The summed E-state index contributed by atoms with van der Waals surface area (Å²) in [7, 11) is 11.4. The van der Waals surface area contributed by atoms with Gasteiger partial charge in [-0.3, -0.25) is 9.59 Å². The van der Waals surface area contributed by atoms with Gasteiger partial charge in [-0.2, -0.15) is 0 Å². The highest BCUT2D eigenvalue weighted by atomic mass is 35.5. The van der Waals surface area contributed by atoms with E-state index in [1.165, 1.54) is 6.08 Å². The van der Waals surface area contributed by atoms with E-state index in [4.69, 9.17) is 27.3 Å². The van der Waals surface area contributed by atoms with E-state index in [0.717, 1.165) is 6.42 Å². The minimum Gasteiger partial charge on any atom is -0.350 e. The molecule has 1 atom stereocenters. The number of anilines is 2. The number of amides is 2. The van der Waals surface area contributed by atoms with E-state index < -0.39 is 0 Å². The smallest absolute Gasteiger partial charge is 0.253 e. The normalized spacial score (nSPS) is 15.9. The zero-order valence-electron chi connectivity index (χ0n) is 15.0. The van der Waals surface area contributed by atoms with Gasteiger partial charge in [0, 0.05) is 41.6 Å². The van der Waals surface area contributed by atoms with Gasteiger partial charge in [0.15, 0.2) is 0 Å². The van der Waals surface area contributed by atoms with Gasteiger partial charge in [-0.25, -0.2) is 9.97 Å². The molecule has 1 aliphatic heterocycles. The number of rotatable bonds is 5. The van der Waals surface area contributed by atoms with E-state index in [2.05, 4.69) is 27.2 Å². The zero-order valence-corrected chi connectivity index (χ0v) is 15.7. The first-order valence-corrected chi connectivity index (χ1v) is 8.93. The first-order chi connectivity index (χ1) is 13.4. The molecule has 2 amide bonds. The molecule has 28 heavy (non-hydrogen) atoms. The monoisotopic (exact) mass is 391 g/mol. The van der Waals surface area contributed by atoms with Gasteiger partial charge < -0.3 is 15.5 Å². The summed E-state index contributed by atoms with van der Waals surface area (Å²) < 4.78 is 0. The summed E-state index contributed by atoms with van der Waals surface area (Å²) in [5.74, 6) is -0.124. The van der Waals surface area contributed by atoms with Crippen molar-refractivity contribution >= 4 is 61.9 Å². The molecule has 1 fully saturated rings. The third-order valence-electron chi connectivity index (χ3n) is 4.30. The van der Waals surface area contributed by atoms with Gasteiger partial charge in [-0.15, -0.1) is 0 Å². The standard InChI is InChI=1S/C18H16B2ClN5O2/c1-2-13(27)22-11-5-3-10(4-6-11)17(28)26-8-7-12(9-26)23-18-24-15(19)14(21)16(20)25-18/h2-6,12H,1,7-9H2,(H,22,27)(H,23,24,25)/t12-/m1/s1. The lowest BCUT2D eigenvalue weighted by Gasteiger charge is -2.18. The number of carbonyl (C=O) groups excluding carboxylic acids is 2. The molecule has 1 saturated heterocycles. The molecule has 0 bridgehead atoms. The van der Waals surface area contributed by atoms with Crippen molar-refractivity contribution < 1.29 is 9.59 Å². The van der Waals surface area contributed by atoms with Gasteiger partial charge in [0.1, 0.15) is 15.7 Å². The average Bonchev–Trinajstić information content (AvgIpc) is 3.14. The third-order valence-corrected chi connectivity index (χ3v) is 4.68. The van der Waals surface area contributed by atoms with Gasteiger partial charge >= 0.3 is 0 Å². The molecule has 2 N–H and O–H groups in total. The number of carbonyl (C=O) groups is 2. The van der Waals surface area contributed by atoms with Gasteiger partial charge in [0.05, 0.1) is 5.02 Å². The second-order valence-corrected chi connectivity index (χ2v) is 6.66. The summed E-state index contributed by atoms with van der Waals surface area (Å²) >= 11 is 5.86. The molecule has 0 saturated carbocycles. The summed E-state index contributed by atoms with van der Waals surface area (Å²) in [6.07, 6.45) is 1.91. The number of nitrogens with one attached hydrogen (secondary N) is 2. The van der Waals surface area contributed by atoms with Gasteiger partial charge in [0.2, 0.25) is 11.9 Å². The van der Waals surface area contributed by atoms with Crippen molar-refractivity contribution in [3.63, 3.8) is 0 Å². The Labute approximate surface area is 170 Å². The molecule has 10 heteroatoms. The molecule has 0 spiro atoms. The minimum absolute atomic E-state index is 0.0323.